The summed E-state index contributed by atoms with van der Waals surface area (Å²) >= 11 is 0. The minimum absolute atomic E-state index is 0.120. The molecule has 0 spiro atoms. The van der Waals surface area contributed by atoms with E-state index in [0.717, 1.165) is 22.3 Å². The molecule has 10 rings (SSSR count). The Balaban J connectivity index is 1.21. The molecule has 1 heteroatoms. The van der Waals surface area contributed by atoms with Crippen LogP contribution in [0.1, 0.15) is 25.0 Å². The van der Waals surface area contributed by atoms with Gasteiger partial charge in [0.05, 0.1) is 0 Å². The Hall–Kier alpha value is -5.92. The van der Waals surface area contributed by atoms with Crippen LogP contribution in [0.2, 0.25) is 0 Å². The molecule has 1 nitrogen and oxygen atoms in total. The molecule has 0 amide bonds. The van der Waals surface area contributed by atoms with Crippen LogP contribution in [-0.4, -0.2) is 0 Å². The predicted molar refractivity (Wildman–Crippen MR) is 203 cm³/mol. The van der Waals surface area contributed by atoms with Gasteiger partial charge in [0.15, 0.2) is 0 Å². The third kappa shape index (κ3) is 3.73. The van der Waals surface area contributed by atoms with Crippen molar-refractivity contribution < 1.29 is 4.42 Å². The van der Waals surface area contributed by atoms with Gasteiger partial charge < -0.3 is 4.42 Å². The highest BCUT2D eigenvalue weighted by Gasteiger charge is 2.38. The lowest BCUT2D eigenvalue weighted by atomic mass is 9.81. The number of fused-ring (bicyclic) bond motifs is 9. The van der Waals surface area contributed by atoms with Crippen molar-refractivity contribution >= 4 is 43.5 Å². The lowest BCUT2D eigenvalue weighted by molar-refractivity contribution is 0.657. The standard InChI is InChI=1S/C47H32O/c1-47(2)39-22-12-10-20-36(39)44-40(47)28-38(46-45(44)37-21-11-13-23-41(37)48-46)29-24-26-31(27-25-29)43-34-18-8-6-16-32(34)42(30-14-4-3-5-15-30)33-17-7-9-19-35(33)43/h3-28H,1-2H3. The molecule has 9 aromatic rings. The number of hydrogen-bond donors (Lipinski definition) is 0. The van der Waals surface area contributed by atoms with Crippen LogP contribution in [0.5, 0.6) is 0 Å². The first-order chi connectivity index (χ1) is 23.6. The van der Waals surface area contributed by atoms with Gasteiger partial charge in [-0.2, -0.15) is 0 Å². The molecule has 0 atom stereocenters. The van der Waals surface area contributed by atoms with E-state index in [1.54, 1.807) is 0 Å². The largest absolute Gasteiger partial charge is 0.455 e. The minimum Gasteiger partial charge on any atom is -0.455 e. The van der Waals surface area contributed by atoms with Crippen LogP contribution in [0.15, 0.2) is 162 Å². The highest BCUT2D eigenvalue weighted by Crippen LogP contribution is 2.55. The summed E-state index contributed by atoms with van der Waals surface area (Å²) in [6, 6.07) is 57.4. The second kappa shape index (κ2) is 10.0. The van der Waals surface area contributed by atoms with E-state index in [2.05, 4.69) is 172 Å². The average Bonchev–Trinajstić information content (AvgIpc) is 3.63. The van der Waals surface area contributed by atoms with Crippen LogP contribution in [-0.2, 0) is 5.41 Å². The van der Waals surface area contributed by atoms with E-state index in [0.29, 0.717) is 0 Å². The zero-order valence-corrected chi connectivity index (χ0v) is 26.9. The van der Waals surface area contributed by atoms with E-state index in [4.69, 9.17) is 4.42 Å². The van der Waals surface area contributed by atoms with E-state index in [1.807, 2.05) is 0 Å². The van der Waals surface area contributed by atoms with Crippen molar-refractivity contribution in [2.24, 2.45) is 0 Å². The van der Waals surface area contributed by atoms with Gasteiger partial charge in [-0.1, -0.05) is 159 Å². The van der Waals surface area contributed by atoms with Crippen LogP contribution in [0, 0.1) is 0 Å². The molecule has 48 heavy (non-hydrogen) atoms. The molecule has 8 aromatic carbocycles. The van der Waals surface area contributed by atoms with Gasteiger partial charge in [-0.05, 0) is 83.7 Å². The molecule has 1 aromatic heterocycles. The summed E-state index contributed by atoms with van der Waals surface area (Å²) < 4.78 is 6.73. The summed E-state index contributed by atoms with van der Waals surface area (Å²) in [6.07, 6.45) is 0. The summed E-state index contributed by atoms with van der Waals surface area (Å²) in [5.41, 5.74) is 14.4. The molecule has 0 saturated heterocycles. The van der Waals surface area contributed by atoms with Gasteiger partial charge in [-0.3, -0.25) is 0 Å². The average molecular weight is 613 g/mol. The quantitative estimate of drug-likeness (QED) is 0.181. The Morgan fingerprint density at radius 1 is 0.396 bits per heavy atom. The molecule has 1 aliphatic carbocycles. The van der Waals surface area contributed by atoms with Crippen molar-refractivity contribution in [2.45, 2.75) is 19.3 Å². The maximum Gasteiger partial charge on any atom is 0.143 e. The molecule has 0 aliphatic heterocycles. The third-order valence-electron chi connectivity index (χ3n) is 10.7. The fourth-order valence-electron chi connectivity index (χ4n) is 8.45. The maximum absolute atomic E-state index is 6.73. The van der Waals surface area contributed by atoms with Gasteiger partial charge in [0.25, 0.3) is 0 Å². The summed E-state index contributed by atoms with van der Waals surface area (Å²) in [5.74, 6) is 0. The Kier molecular flexibility index (Phi) is 5.69. The van der Waals surface area contributed by atoms with E-state index >= 15 is 0 Å². The number of benzene rings is 8. The molecule has 0 unspecified atom stereocenters. The number of hydrogen-bond acceptors (Lipinski definition) is 1. The third-order valence-corrected chi connectivity index (χ3v) is 10.7. The Morgan fingerprint density at radius 3 is 1.54 bits per heavy atom. The molecular formula is C47H32O. The molecular weight excluding hydrogens is 581 g/mol. The monoisotopic (exact) mass is 612 g/mol. The van der Waals surface area contributed by atoms with Gasteiger partial charge in [0.1, 0.15) is 11.2 Å². The first kappa shape index (κ1) is 27.2. The van der Waals surface area contributed by atoms with Crippen LogP contribution in [0.3, 0.4) is 0 Å². The maximum atomic E-state index is 6.73. The van der Waals surface area contributed by atoms with Gasteiger partial charge in [-0.25, -0.2) is 0 Å². The van der Waals surface area contributed by atoms with Crippen molar-refractivity contribution in [3.05, 3.63) is 169 Å². The normalized spacial score (nSPS) is 13.4. The first-order valence-corrected chi connectivity index (χ1v) is 16.8. The van der Waals surface area contributed by atoms with Gasteiger partial charge in [0, 0.05) is 21.8 Å². The fraction of sp³-hybridized carbons (Fsp3) is 0.0638. The summed E-state index contributed by atoms with van der Waals surface area (Å²) in [7, 11) is 0. The number of rotatable bonds is 3. The second-order valence-corrected chi connectivity index (χ2v) is 13.6. The summed E-state index contributed by atoms with van der Waals surface area (Å²) in [4.78, 5) is 0. The zero-order valence-electron chi connectivity index (χ0n) is 26.9. The fourth-order valence-corrected chi connectivity index (χ4v) is 8.45. The Bertz CT molecular complexity index is 2670. The highest BCUT2D eigenvalue weighted by atomic mass is 16.3. The van der Waals surface area contributed by atoms with Crippen LogP contribution in [0.4, 0.5) is 0 Å². The van der Waals surface area contributed by atoms with Crippen molar-refractivity contribution in [3.63, 3.8) is 0 Å². The smallest absolute Gasteiger partial charge is 0.143 e. The second-order valence-electron chi connectivity index (χ2n) is 13.6. The topological polar surface area (TPSA) is 13.1 Å². The van der Waals surface area contributed by atoms with Gasteiger partial charge >= 0.3 is 0 Å². The first-order valence-electron chi connectivity index (χ1n) is 16.8. The SMILES string of the molecule is CC1(C)c2ccccc2-c2c1cc(-c1ccc(-c3c4ccccc4c(-c4ccccc4)c4ccccc34)cc1)c1oc3ccccc3c21. The lowest BCUT2D eigenvalue weighted by Gasteiger charge is -2.22. The number of para-hydroxylation sites is 1. The predicted octanol–water partition coefficient (Wildman–Crippen LogP) is 13.2. The Morgan fingerprint density at radius 2 is 0.896 bits per heavy atom. The van der Waals surface area contributed by atoms with Crippen molar-refractivity contribution in [1.29, 1.82) is 0 Å². The minimum atomic E-state index is -0.120. The molecule has 1 aliphatic rings. The molecule has 0 fully saturated rings. The molecule has 0 N–H and O–H groups in total. The van der Waals surface area contributed by atoms with Gasteiger partial charge in [-0.15, -0.1) is 0 Å². The Labute approximate surface area is 279 Å². The number of furan rings is 1. The van der Waals surface area contributed by atoms with Gasteiger partial charge in [0.2, 0.25) is 0 Å². The zero-order chi connectivity index (χ0) is 32.0. The molecule has 1 heterocycles. The van der Waals surface area contributed by atoms with Crippen molar-refractivity contribution in [1.82, 2.24) is 0 Å². The molecule has 226 valence electrons. The molecule has 0 saturated carbocycles. The molecule has 0 radical (unpaired) electrons. The van der Waals surface area contributed by atoms with Crippen molar-refractivity contribution in [3.8, 4) is 44.5 Å². The summed E-state index contributed by atoms with van der Waals surface area (Å²) in [6.45, 7) is 4.71. The van der Waals surface area contributed by atoms with Crippen LogP contribution >= 0.6 is 0 Å². The van der Waals surface area contributed by atoms with E-state index in [1.165, 1.54) is 76.8 Å². The summed E-state index contributed by atoms with van der Waals surface area (Å²) in [5, 5.41) is 7.45. The van der Waals surface area contributed by atoms with Crippen LogP contribution < -0.4 is 0 Å². The van der Waals surface area contributed by atoms with Crippen LogP contribution in [0.25, 0.3) is 88.0 Å². The highest BCUT2D eigenvalue weighted by molar-refractivity contribution is 6.22. The van der Waals surface area contributed by atoms with E-state index in [9.17, 15) is 0 Å². The molecule has 0 bridgehead atoms. The van der Waals surface area contributed by atoms with E-state index in [-0.39, 0.29) is 5.41 Å². The lowest BCUT2D eigenvalue weighted by Crippen LogP contribution is -2.15. The van der Waals surface area contributed by atoms with E-state index < -0.39 is 0 Å². The van der Waals surface area contributed by atoms with Crippen molar-refractivity contribution in [2.75, 3.05) is 0 Å².